The SMILES string of the molecule is COc1ccc(NC(=O)[C@@H](C)N(c2ccc3c(c2)OCCO3)S(C)(=O)=O)c(OC)c1. The minimum atomic E-state index is -3.78. The first-order valence-corrected chi connectivity index (χ1v) is 11.0. The predicted octanol–water partition coefficient (Wildman–Crippen LogP) is 2.27. The zero-order chi connectivity index (χ0) is 21.9. The Morgan fingerprint density at radius 1 is 1.07 bits per heavy atom. The van der Waals surface area contributed by atoms with Crippen LogP contribution < -0.4 is 28.6 Å². The van der Waals surface area contributed by atoms with Gasteiger partial charge in [-0.2, -0.15) is 0 Å². The molecule has 10 heteroatoms. The van der Waals surface area contributed by atoms with E-state index in [0.29, 0.717) is 47.6 Å². The molecule has 0 saturated heterocycles. The van der Waals surface area contributed by atoms with Crippen molar-refractivity contribution >= 4 is 27.3 Å². The lowest BCUT2D eigenvalue weighted by atomic mass is 10.2. The number of rotatable bonds is 7. The number of anilines is 2. The number of nitrogens with one attached hydrogen (secondary N) is 1. The van der Waals surface area contributed by atoms with Gasteiger partial charge in [0, 0.05) is 12.1 Å². The third-order valence-corrected chi connectivity index (χ3v) is 5.78. The minimum absolute atomic E-state index is 0.297. The number of hydrogen-bond acceptors (Lipinski definition) is 7. The number of hydrogen-bond donors (Lipinski definition) is 1. The summed E-state index contributed by atoms with van der Waals surface area (Å²) in [5.41, 5.74) is 0.692. The zero-order valence-electron chi connectivity index (χ0n) is 17.2. The van der Waals surface area contributed by atoms with Crippen LogP contribution in [0.2, 0.25) is 0 Å². The normalized spacial score (nSPS) is 13.9. The Morgan fingerprint density at radius 3 is 2.40 bits per heavy atom. The number of methoxy groups -OCH3 is 2. The fourth-order valence-corrected chi connectivity index (χ4v) is 4.28. The highest BCUT2D eigenvalue weighted by molar-refractivity contribution is 7.92. The van der Waals surface area contributed by atoms with Crippen molar-refractivity contribution in [1.82, 2.24) is 0 Å². The Kier molecular flexibility index (Phi) is 6.25. The number of amides is 1. The van der Waals surface area contributed by atoms with Gasteiger partial charge in [0.1, 0.15) is 30.8 Å². The van der Waals surface area contributed by atoms with Gasteiger partial charge < -0.3 is 24.3 Å². The quantitative estimate of drug-likeness (QED) is 0.710. The summed E-state index contributed by atoms with van der Waals surface area (Å²) < 4.78 is 47.6. The lowest BCUT2D eigenvalue weighted by molar-refractivity contribution is -0.116. The van der Waals surface area contributed by atoms with Crippen molar-refractivity contribution in [2.75, 3.05) is 43.3 Å². The third-order valence-electron chi connectivity index (χ3n) is 4.54. The maximum Gasteiger partial charge on any atom is 0.248 e. The summed E-state index contributed by atoms with van der Waals surface area (Å²) in [6.45, 7) is 2.29. The van der Waals surface area contributed by atoms with Crippen LogP contribution in [0.25, 0.3) is 0 Å². The Morgan fingerprint density at radius 2 is 1.77 bits per heavy atom. The van der Waals surface area contributed by atoms with Gasteiger partial charge in [-0.3, -0.25) is 9.10 Å². The fraction of sp³-hybridized carbons (Fsp3) is 0.350. The number of nitrogens with zero attached hydrogens (tertiary/aromatic N) is 1. The van der Waals surface area contributed by atoms with Crippen LogP contribution in [0.4, 0.5) is 11.4 Å². The van der Waals surface area contributed by atoms with E-state index in [-0.39, 0.29) is 0 Å². The van der Waals surface area contributed by atoms with Crippen LogP contribution in [0.3, 0.4) is 0 Å². The van der Waals surface area contributed by atoms with E-state index in [9.17, 15) is 13.2 Å². The maximum absolute atomic E-state index is 12.9. The van der Waals surface area contributed by atoms with E-state index in [2.05, 4.69) is 5.32 Å². The lowest BCUT2D eigenvalue weighted by Crippen LogP contribution is -2.45. The topological polar surface area (TPSA) is 103 Å². The van der Waals surface area contributed by atoms with Crippen LogP contribution in [0.15, 0.2) is 36.4 Å². The average Bonchev–Trinajstić information content (AvgIpc) is 2.72. The molecule has 3 rings (SSSR count). The van der Waals surface area contributed by atoms with Gasteiger partial charge in [-0.05, 0) is 31.2 Å². The van der Waals surface area contributed by atoms with E-state index in [0.717, 1.165) is 10.6 Å². The van der Waals surface area contributed by atoms with Gasteiger partial charge in [0.25, 0.3) is 0 Å². The van der Waals surface area contributed by atoms with Crippen molar-refractivity contribution in [3.63, 3.8) is 0 Å². The third kappa shape index (κ3) is 4.54. The number of fused-ring (bicyclic) bond motifs is 1. The molecule has 1 amide bonds. The number of carbonyl (C=O) groups is 1. The molecule has 2 aromatic carbocycles. The highest BCUT2D eigenvalue weighted by Gasteiger charge is 2.30. The number of carbonyl (C=O) groups excluding carboxylic acids is 1. The summed E-state index contributed by atoms with van der Waals surface area (Å²) in [6.07, 6.45) is 1.04. The smallest absolute Gasteiger partial charge is 0.248 e. The Bertz CT molecular complexity index is 1040. The molecule has 0 spiro atoms. The Hall–Kier alpha value is -3.14. The van der Waals surface area contributed by atoms with E-state index in [1.807, 2.05) is 0 Å². The molecule has 0 unspecified atom stereocenters. The fourth-order valence-electron chi connectivity index (χ4n) is 3.12. The molecule has 2 aromatic rings. The van der Waals surface area contributed by atoms with Gasteiger partial charge in [-0.1, -0.05) is 0 Å². The van der Waals surface area contributed by atoms with Gasteiger partial charge in [0.05, 0.1) is 31.9 Å². The van der Waals surface area contributed by atoms with Crippen LogP contribution in [0, 0.1) is 0 Å². The molecule has 0 fully saturated rings. The van der Waals surface area contributed by atoms with Gasteiger partial charge in [-0.25, -0.2) is 8.42 Å². The van der Waals surface area contributed by atoms with Crippen LogP contribution in [0.5, 0.6) is 23.0 Å². The highest BCUT2D eigenvalue weighted by atomic mass is 32.2. The van der Waals surface area contributed by atoms with E-state index in [1.54, 1.807) is 36.4 Å². The van der Waals surface area contributed by atoms with E-state index in [4.69, 9.17) is 18.9 Å². The molecule has 0 radical (unpaired) electrons. The molecule has 1 atom stereocenters. The first kappa shape index (κ1) is 21.6. The van der Waals surface area contributed by atoms with Crippen LogP contribution in [0.1, 0.15) is 6.92 Å². The maximum atomic E-state index is 12.9. The van der Waals surface area contributed by atoms with Crippen LogP contribution in [-0.2, 0) is 14.8 Å². The van der Waals surface area contributed by atoms with Gasteiger partial charge in [0.15, 0.2) is 11.5 Å². The summed E-state index contributed by atoms with van der Waals surface area (Å²) in [5, 5.41) is 2.72. The molecular weight excluding hydrogens is 412 g/mol. The molecule has 0 bridgehead atoms. The molecule has 0 aromatic heterocycles. The standard InChI is InChI=1S/C20H24N2O7S/c1-13(20(23)21-16-7-6-15(26-2)12-18(16)27-3)22(30(4,24)25)14-5-8-17-19(11-14)29-10-9-28-17/h5-8,11-13H,9-10H2,1-4H3,(H,21,23)/t13-/m1/s1. The molecule has 1 heterocycles. The van der Waals surface area contributed by atoms with E-state index >= 15 is 0 Å². The zero-order valence-corrected chi connectivity index (χ0v) is 18.0. The second kappa shape index (κ2) is 8.70. The van der Waals surface area contributed by atoms with Crippen molar-refractivity contribution in [2.45, 2.75) is 13.0 Å². The highest BCUT2D eigenvalue weighted by Crippen LogP contribution is 2.36. The molecule has 1 aliphatic heterocycles. The Labute approximate surface area is 175 Å². The minimum Gasteiger partial charge on any atom is -0.497 e. The largest absolute Gasteiger partial charge is 0.497 e. The van der Waals surface area contributed by atoms with Crippen molar-refractivity contribution in [2.24, 2.45) is 0 Å². The molecule has 30 heavy (non-hydrogen) atoms. The second-order valence-electron chi connectivity index (χ2n) is 6.62. The Balaban J connectivity index is 1.89. The molecule has 1 aliphatic rings. The van der Waals surface area contributed by atoms with Crippen molar-refractivity contribution in [1.29, 1.82) is 0 Å². The summed E-state index contributed by atoms with van der Waals surface area (Å²) in [6, 6.07) is 8.61. The molecule has 0 saturated carbocycles. The predicted molar refractivity (Wildman–Crippen MR) is 112 cm³/mol. The van der Waals surface area contributed by atoms with Crippen molar-refractivity contribution < 1.29 is 32.2 Å². The monoisotopic (exact) mass is 436 g/mol. The summed E-state index contributed by atoms with van der Waals surface area (Å²) >= 11 is 0. The van der Waals surface area contributed by atoms with Crippen LogP contribution in [-0.4, -0.2) is 54.1 Å². The number of sulfonamides is 1. The van der Waals surface area contributed by atoms with Crippen molar-refractivity contribution in [3.8, 4) is 23.0 Å². The lowest BCUT2D eigenvalue weighted by Gasteiger charge is -2.29. The average molecular weight is 436 g/mol. The molecule has 9 nitrogen and oxygen atoms in total. The number of ether oxygens (including phenoxy) is 4. The van der Waals surface area contributed by atoms with Crippen molar-refractivity contribution in [3.05, 3.63) is 36.4 Å². The summed E-state index contributed by atoms with van der Waals surface area (Å²) in [5.74, 6) is 1.38. The van der Waals surface area contributed by atoms with Crippen LogP contribution >= 0.6 is 0 Å². The molecule has 1 N–H and O–H groups in total. The van der Waals surface area contributed by atoms with Gasteiger partial charge in [-0.15, -0.1) is 0 Å². The van der Waals surface area contributed by atoms with Gasteiger partial charge in [0.2, 0.25) is 15.9 Å². The first-order valence-electron chi connectivity index (χ1n) is 9.16. The first-order chi connectivity index (χ1) is 14.2. The number of benzene rings is 2. The summed E-state index contributed by atoms with van der Waals surface area (Å²) in [7, 11) is -0.798. The molecular formula is C20H24N2O7S. The molecule has 0 aliphatic carbocycles. The summed E-state index contributed by atoms with van der Waals surface area (Å²) in [4.78, 5) is 12.9. The van der Waals surface area contributed by atoms with Gasteiger partial charge >= 0.3 is 0 Å². The van der Waals surface area contributed by atoms with E-state index in [1.165, 1.54) is 21.1 Å². The molecule has 162 valence electrons. The van der Waals surface area contributed by atoms with E-state index < -0.39 is 22.0 Å². The second-order valence-corrected chi connectivity index (χ2v) is 8.48.